The van der Waals surface area contributed by atoms with Crippen molar-refractivity contribution in [2.45, 2.75) is 6.92 Å². The largest absolute Gasteiger partial charge is 0.468 e. The molecule has 0 aliphatic rings. The van der Waals surface area contributed by atoms with E-state index < -0.39 is 11.9 Å². The van der Waals surface area contributed by atoms with E-state index in [1.54, 1.807) is 23.1 Å². The van der Waals surface area contributed by atoms with Gasteiger partial charge in [-0.2, -0.15) is 0 Å². The highest BCUT2D eigenvalue weighted by molar-refractivity contribution is 5.81. The predicted octanol–water partition coefficient (Wildman–Crippen LogP) is 0.730. The standard InChI is InChI=1S/C13H18N2O4/c1-9-6-10(4-5-11(9)14)15(7-12(16)18-2)8-13(17)19-3/h4-6H,7-8,14H2,1-3H3. The first-order valence-electron chi connectivity index (χ1n) is 5.72. The highest BCUT2D eigenvalue weighted by Gasteiger charge is 2.16. The van der Waals surface area contributed by atoms with Crippen LogP contribution in [0.25, 0.3) is 0 Å². The first kappa shape index (κ1) is 14.8. The Morgan fingerprint density at radius 2 is 1.68 bits per heavy atom. The lowest BCUT2D eigenvalue weighted by Crippen LogP contribution is -2.35. The van der Waals surface area contributed by atoms with Crippen molar-refractivity contribution >= 4 is 23.3 Å². The van der Waals surface area contributed by atoms with Gasteiger partial charge in [0.2, 0.25) is 0 Å². The van der Waals surface area contributed by atoms with Gasteiger partial charge in [-0.3, -0.25) is 9.59 Å². The zero-order valence-electron chi connectivity index (χ0n) is 11.3. The maximum Gasteiger partial charge on any atom is 0.325 e. The number of ether oxygens (including phenoxy) is 2. The quantitative estimate of drug-likeness (QED) is 0.625. The molecule has 0 aliphatic heterocycles. The van der Waals surface area contributed by atoms with Crippen molar-refractivity contribution in [2.24, 2.45) is 0 Å². The molecule has 1 aromatic rings. The number of hydrogen-bond donors (Lipinski definition) is 1. The van der Waals surface area contributed by atoms with Crippen LogP contribution in [0.4, 0.5) is 11.4 Å². The molecule has 0 atom stereocenters. The number of esters is 2. The lowest BCUT2D eigenvalue weighted by Gasteiger charge is -2.22. The van der Waals surface area contributed by atoms with Crippen molar-refractivity contribution in [1.82, 2.24) is 0 Å². The van der Waals surface area contributed by atoms with E-state index in [1.807, 2.05) is 6.92 Å². The maximum absolute atomic E-state index is 11.4. The number of hydrogen-bond acceptors (Lipinski definition) is 6. The topological polar surface area (TPSA) is 81.9 Å². The fourth-order valence-electron chi connectivity index (χ4n) is 1.54. The van der Waals surface area contributed by atoms with Crippen LogP contribution >= 0.6 is 0 Å². The minimum absolute atomic E-state index is 0.0328. The number of nitrogens with two attached hydrogens (primary N) is 1. The molecule has 6 heteroatoms. The molecule has 104 valence electrons. The number of benzene rings is 1. The predicted molar refractivity (Wildman–Crippen MR) is 71.8 cm³/mol. The Morgan fingerprint density at radius 1 is 1.16 bits per heavy atom. The van der Waals surface area contributed by atoms with E-state index in [9.17, 15) is 9.59 Å². The van der Waals surface area contributed by atoms with Gasteiger partial charge in [0.1, 0.15) is 13.1 Å². The van der Waals surface area contributed by atoms with Gasteiger partial charge >= 0.3 is 11.9 Å². The Hall–Kier alpha value is -2.24. The average Bonchev–Trinajstić information content (AvgIpc) is 2.40. The minimum atomic E-state index is -0.432. The molecular formula is C13H18N2O4. The number of nitrogen functional groups attached to an aromatic ring is 1. The van der Waals surface area contributed by atoms with Gasteiger partial charge < -0.3 is 20.1 Å². The first-order chi connectivity index (χ1) is 8.97. The zero-order valence-corrected chi connectivity index (χ0v) is 11.3. The lowest BCUT2D eigenvalue weighted by atomic mass is 10.1. The number of carbonyl (C=O) groups excluding carboxylic acids is 2. The Bertz CT molecular complexity index is 456. The summed E-state index contributed by atoms with van der Waals surface area (Å²) in [6.07, 6.45) is 0. The summed E-state index contributed by atoms with van der Waals surface area (Å²) >= 11 is 0. The van der Waals surface area contributed by atoms with E-state index in [0.29, 0.717) is 11.4 Å². The van der Waals surface area contributed by atoms with Crippen LogP contribution in [0.3, 0.4) is 0 Å². The third-order valence-corrected chi connectivity index (χ3v) is 2.71. The van der Waals surface area contributed by atoms with Crippen molar-refractivity contribution in [3.63, 3.8) is 0 Å². The van der Waals surface area contributed by atoms with Gasteiger partial charge in [0.25, 0.3) is 0 Å². The van der Waals surface area contributed by atoms with Crippen LogP contribution in [-0.4, -0.2) is 39.2 Å². The number of rotatable bonds is 5. The number of anilines is 2. The van der Waals surface area contributed by atoms with Gasteiger partial charge in [0.15, 0.2) is 0 Å². The van der Waals surface area contributed by atoms with Crippen molar-refractivity contribution < 1.29 is 19.1 Å². The number of carbonyl (C=O) groups is 2. The van der Waals surface area contributed by atoms with Gasteiger partial charge in [-0.25, -0.2) is 0 Å². The first-order valence-corrected chi connectivity index (χ1v) is 5.72. The van der Waals surface area contributed by atoms with Crippen molar-refractivity contribution in [3.05, 3.63) is 23.8 Å². The summed E-state index contributed by atoms with van der Waals surface area (Å²) in [6.45, 7) is 1.79. The second-order valence-corrected chi connectivity index (χ2v) is 4.05. The maximum atomic E-state index is 11.4. The summed E-state index contributed by atoms with van der Waals surface area (Å²) in [4.78, 5) is 24.3. The van der Waals surface area contributed by atoms with Gasteiger partial charge in [0.05, 0.1) is 14.2 Å². The van der Waals surface area contributed by atoms with E-state index in [-0.39, 0.29) is 13.1 Å². The van der Waals surface area contributed by atoms with E-state index in [0.717, 1.165) is 5.56 Å². The van der Waals surface area contributed by atoms with E-state index in [2.05, 4.69) is 9.47 Å². The summed E-state index contributed by atoms with van der Waals surface area (Å²) in [5, 5.41) is 0. The molecule has 0 spiro atoms. The van der Waals surface area contributed by atoms with Gasteiger partial charge in [-0.15, -0.1) is 0 Å². The zero-order chi connectivity index (χ0) is 14.4. The van der Waals surface area contributed by atoms with Crippen molar-refractivity contribution in [3.8, 4) is 0 Å². The molecule has 19 heavy (non-hydrogen) atoms. The average molecular weight is 266 g/mol. The van der Waals surface area contributed by atoms with Crippen molar-refractivity contribution in [1.29, 1.82) is 0 Å². The lowest BCUT2D eigenvalue weighted by molar-refractivity contribution is -0.140. The second kappa shape index (κ2) is 6.63. The van der Waals surface area contributed by atoms with Crippen LogP contribution in [0, 0.1) is 6.92 Å². The summed E-state index contributed by atoms with van der Waals surface area (Å²) in [6, 6.07) is 5.28. The molecule has 2 N–H and O–H groups in total. The minimum Gasteiger partial charge on any atom is -0.468 e. The number of aryl methyl sites for hydroxylation is 1. The highest BCUT2D eigenvalue weighted by atomic mass is 16.5. The van der Waals surface area contributed by atoms with Crippen molar-refractivity contribution in [2.75, 3.05) is 37.9 Å². The van der Waals surface area contributed by atoms with E-state index in [4.69, 9.17) is 5.73 Å². The molecule has 0 unspecified atom stereocenters. The Morgan fingerprint density at radius 3 is 2.11 bits per heavy atom. The Kier molecular flexibility index (Phi) is 5.17. The van der Waals surface area contributed by atoms with E-state index >= 15 is 0 Å². The molecule has 0 fully saturated rings. The van der Waals surface area contributed by atoms with Crippen LogP contribution in [-0.2, 0) is 19.1 Å². The normalized spacial score (nSPS) is 9.84. The Labute approximate surface area is 112 Å². The third kappa shape index (κ3) is 4.17. The summed E-state index contributed by atoms with van der Waals surface area (Å²) < 4.78 is 9.23. The fraction of sp³-hybridized carbons (Fsp3) is 0.385. The van der Waals surface area contributed by atoms with Gasteiger partial charge in [-0.05, 0) is 30.7 Å². The molecule has 0 bridgehead atoms. The summed E-state index contributed by atoms with van der Waals surface area (Å²) in [5.74, 6) is -0.864. The van der Waals surface area contributed by atoms with Crippen LogP contribution in [0.5, 0.6) is 0 Å². The fourth-order valence-corrected chi connectivity index (χ4v) is 1.54. The van der Waals surface area contributed by atoms with Gasteiger partial charge in [-0.1, -0.05) is 0 Å². The highest BCUT2D eigenvalue weighted by Crippen LogP contribution is 2.20. The van der Waals surface area contributed by atoms with Gasteiger partial charge in [0, 0.05) is 11.4 Å². The summed E-state index contributed by atoms with van der Waals surface area (Å²) in [7, 11) is 2.60. The second-order valence-electron chi connectivity index (χ2n) is 4.05. The van der Waals surface area contributed by atoms with E-state index in [1.165, 1.54) is 14.2 Å². The molecule has 0 saturated carbocycles. The van der Waals surface area contributed by atoms with Crippen LogP contribution < -0.4 is 10.6 Å². The molecule has 1 rings (SSSR count). The molecule has 0 aliphatic carbocycles. The molecular weight excluding hydrogens is 248 g/mol. The van der Waals surface area contributed by atoms with Crippen LogP contribution in [0.1, 0.15) is 5.56 Å². The molecule has 1 aromatic carbocycles. The Balaban J connectivity index is 2.96. The molecule has 0 amide bonds. The molecule has 6 nitrogen and oxygen atoms in total. The monoisotopic (exact) mass is 266 g/mol. The molecule has 0 radical (unpaired) electrons. The van der Waals surface area contributed by atoms with Crippen LogP contribution in [0.15, 0.2) is 18.2 Å². The number of nitrogens with zero attached hydrogens (tertiary/aromatic N) is 1. The molecule has 0 aromatic heterocycles. The molecule has 0 saturated heterocycles. The summed E-state index contributed by atoms with van der Waals surface area (Å²) in [5.41, 5.74) is 7.98. The smallest absolute Gasteiger partial charge is 0.325 e. The SMILES string of the molecule is COC(=O)CN(CC(=O)OC)c1ccc(N)c(C)c1. The number of methoxy groups -OCH3 is 2. The van der Waals surface area contributed by atoms with Crippen LogP contribution in [0.2, 0.25) is 0 Å². The molecule has 0 heterocycles. The third-order valence-electron chi connectivity index (χ3n) is 2.71.